The van der Waals surface area contributed by atoms with Gasteiger partial charge in [-0.05, 0) is 30.4 Å². The van der Waals surface area contributed by atoms with E-state index in [1.165, 1.54) is 16.7 Å². The van der Waals surface area contributed by atoms with Gasteiger partial charge >= 0.3 is 0 Å². The predicted molar refractivity (Wildman–Crippen MR) is 105 cm³/mol. The van der Waals surface area contributed by atoms with Gasteiger partial charge in [-0.1, -0.05) is 72.3 Å². The fraction of sp³-hybridized carbons (Fsp3) is 0.304. The van der Waals surface area contributed by atoms with Gasteiger partial charge in [0.25, 0.3) is 0 Å². The average molecular weight is 341 g/mol. The predicted octanol–water partition coefficient (Wildman–Crippen LogP) is 4.40. The maximum absolute atomic E-state index is 9.87. The molecule has 1 heterocycles. The number of allylic oxidation sites excluding steroid dienone is 1. The number of nitrogens with two attached hydrogens (primary N) is 1. The van der Waals surface area contributed by atoms with Crippen molar-refractivity contribution >= 4 is 5.84 Å². The average Bonchev–Trinajstić information content (AvgIpc) is 2.67. The van der Waals surface area contributed by atoms with Crippen LogP contribution < -0.4 is 5.73 Å². The van der Waals surface area contributed by atoms with Crippen molar-refractivity contribution < 1.29 is 0 Å². The van der Waals surface area contributed by atoms with Crippen LogP contribution in [-0.4, -0.2) is 11.9 Å². The number of amidine groups is 1. The van der Waals surface area contributed by atoms with E-state index in [9.17, 15) is 5.26 Å². The molecular weight excluding hydrogens is 318 g/mol. The molecule has 4 rings (SSSR count). The highest BCUT2D eigenvalue weighted by Crippen LogP contribution is 2.50. The smallest absolute Gasteiger partial charge is 0.112 e. The second kappa shape index (κ2) is 6.80. The Kier molecular flexibility index (Phi) is 4.34. The van der Waals surface area contributed by atoms with E-state index in [-0.39, 0.29) is 23.8 Å². The lowest BCUT2D eigenvalue weighted by atomic mass is 9.61. The third-order valence-electron chi connectivity index (χ3n) is 5.80. The van der Waals surface area contributed by atoms with Gasteiger partial charge in [0.1, 0.15) is 11.8 Å². The van der Waals surface area contributed by atoms with Gasteiger partial charge < -0.3 is 5.73 Å². The van der Waals surface area contributed by atoms with E-state index >= 15 is 0 Å². The van der Waals surface area contributed by atoms with E-state index in [1.54, 1.807) is 0 Å². The molecule has 0 aromatic heterocycles. The lowest BCUT2D eigenvalue weighted by molar-refractivity contribution is 0.273. The van der Waals surface area contributed by atoms with Crippen molar-refractivity contribution in [2.24, 2.45) is 22.6 Å². The van der Waals surface area contributed by atoms with Crippen LogP contribution in [0.5, 0.6) is 0 Å². The fourth-order valence-electron chi connectivity index (χ4n) is 4.71. The van der Waals surface area contributed by atoms with Gasteiger partial charge in [0.2, 0.25) is 0 Å². The molecule has 0 saturated heterocycles. The minimum absolute atomic E-state index is 0.0313. The van der Waals surface area contributed by atoms with Crippen molar-refractivity contribution in [3.05, 3.63) is 83.4 Å². The number of benzene rings is 2. The molecule has 0 spiro atoms. The van der Waals surface area contributed by atoms with E-state index in [0.717, 1.165) is 6.42 Å². The van der Waals surface area contributed by atoms with Crippen molar-refractivity contribution in [2.75, 3.05) is 0 Å². The van der Waals surface area contributed by atoms with Crippen LogP contribution in [0.15, 0.2) is 77.3 Å². The third kappa shape index (κ3) is 2.82. The zero-order valence-electron chi connectivity index (χ0n) is 14.9. The molecule has 5 unspecified atom stereocenters. The molecule has 3 heteroatoms. The molecule has 26 heavy (non-hydrogen) atoms. The number of nitrogens with zero attached hydrogens (tertiary/aromatic N) is 2. The fourth-order valence-corrected chi connectivity index (χ4v) is 4.71. The molecule has 0 radical (unpaired) electrons. The number of aliphatic imine (C=N–C) groups is 1. The minimum Gasteiger partial charge on any atom is -0.386 e. The Labute approximate surface area is 154 Å². The molecule has 0 amide bonds. The molecule has 1 aliphatic carbocycles. The second-order valence-corrected chi connectivity index (χ2v) is 7.40. The van der Waals surface area contributed by atoms with Crippen LogP contribution in [-0.2, 0) is 0 Å². The molecule has 0 bridgehead atoms. The molecule has 3 nitrogen and oxygen atoms in total. The number of fused-ring (bicyclic) bond motifs is 1. The molecule has 0 fully saturated rings. The molecule has 2 aromatic rings. The lowest BCUT2D eigenvalue weighted by Gasteiger charge is -2.45. The van der Waals surface area contributed by atoms with Crippen LogP contribution in [0.3, 0.4) is 0 Å². The van der Waals surface area contributed by atoms with Gasteiger partial charge in [-0.3, -0.25) is 4.99 Å². The minimum atomic E-state index is -0.378. The molecule has 1 aliphatic heterocycles. The van der Waals surface area contributed by atoms with Crippen molar-refractivity contribution in [3.63, 3.8) is 0 Å². The van der Waals surface area contributed by atoms with Crippen molar-refractivity contribution in [1.82, 2.24) is 0 Å². The summed E-state index contributed by atoms with van der Waals surface area (Å²) < 4.78 is 0. The standard InChI is InChI=1S/C23H23N3/c1-15-12-18(16-8-4-2-5-9-16)22-20(13-15)26-23(25)19(14-24)21(22)17-10-6-3-7-11-17/h2-11,13,18-22H,12H2,1H3,(H2,25,26). The van der Waals surface area contributed by atoms with Crippen molar-refractivity contribution in [1.29, 1.82) is 5.26 Å². The molecular formula is C23H23N3. The first-order valence-corrected chi connectivity index (χ1v) is 9.19. The molecule has 2 N–H and O–H groups in total. The van der Waals surface area contributed by atoms with E-state index < -0.39 is 0 Å². The molecule has 5 atom stereocenters. The van der Waals surface area contributed by atoms with Crippen LogP contribution in [0.25, 0.3) is 0 Å². The number of rotatable bonds is 2. The largest absolute Gasteiger partial charge is 0.386 e. The maximum atomic E-state index is 9.87. The van der Waals surface area contributed by atoms with Crippen LogP contribution >= 0.6 is 0 Å². The third-order valence-corrected chi connectivity index (χ3v) is 5.80. The monoisotopic (exact) mass is 341 g/mol. The van der Waals surface area contributed by atoms with Crippen LogP contribution in [0.1, 0.15) is 36.3 Å². The summed E-state index contributed by atoms with van der Waals surface area (Å²) in [6, 6.07) is 23.5. The number of nitriles is 1. The normalized spacial score (nSPS) is 30.5. The van der Waals surface area contributed by atoms with Gasteiger partial charge in [0, 0.05) is 11.8 Å². The van der Waals surface area contributed by atoms with Crippen LogP contribution in [0.4, 0.5) is 0 Å². The van der Waals surface area contributed by atoms with Gasteiger partial charge in [-0.15, -0.1) is 0 Å². The topological polar surface area (TPSA) is 62.2 Å². The Morgan fingerprint density at radius 3 is 2.23 bits per heavy atom. The summed E-state index contributed by atoms with van der Waals surface area (Å²) in [4.78, 5) is 4.75. The Morgan fingerprint density at radius 1 is 1.00 bits per heavy atom. The quantitative estimate of drug-likeness (QED) is 0.823. The Morgan fingerprint density at radius 2 is 1.62 bits per heavy atom. The van der Waals surface area contributed by atoms with Gasteiger partial charge in [0.15, 0.2) is 0 Å². The van der Waals surface area contributed by atoms with Gasteiger partial charge in [-0.2, -0.15) is 5.26 Å². The molecule has 130 valence electrons. The van der Waals surface area contributed by atoms with E-state index in [4.69, 9.17) is 10.7 Å². The summed E-state index contributed by atoms with van der Waals surface area (Å²) in [6.07, 6.45) is 3.25. The summed E-state index contributed by atoms with van der Waals surface area (Å²) in [6.45, 7) is 2.17. The summed E-state index contributed by atoms with van der Waals surface area (Å²) in [5.41, 5.74) is 10.1. The number of hydrogen-bond acceptors (Lipinski definition) is 3. The summed E-state index contributed by atoms with van der Waals surface area (Å²) in [5, 5.41) is 9.87. The van der Waals surface area contributed by atoms with E-state index in [0.29, 0.717) is 11.8 Å². The van der Waals surface area contributed by atoms with E-state index in [1.807, 2.05) is 18.2 Å². The number of hydrogen-bond donors (Lipinski definition) is 1. The SMILES string of the molecule is CC1=CC2N=C(N)C(C#N)C(c3ccccc3)C2C(c2ccccc2)C1. The highest BCUT2D eigenvalue weighted by molar-refractivity contribution is 5.87. The Bertz CT molecular complexity index is 877. The van der Waals surface area contributed by atoms with Gasteiger partial charge in [0.05, 0.1) is 12.1 Å². The highest BCUT2D eigenvalue weighted by Gasteiger charge is 2.46. The van der Waals surface area contributed by atoms with Crippen molar-refractivity contribution in [3.8, 4) is 6.07 Å². The Hall–Kier alpha value is -2.86. The lowest BCUT2D eigenvalue weighted by Crippen LogP contribution is -2.45. The zero-order chi connectivity index (χ0) is 18.1. The van der Waals surface area contributed by atoms with E-state index in [2.05, 4.69) is 61.5 Å². The highest BCUT2D eigenvalue weighted by atomic mass is 14.9. The summed E-state index contributed by atoms with van der Waals surface area (Å²) in [5.74, 6) is 0.722. The maximum Gasteiger partial charge on any atom is 0.112 e. The Balaban J connectivity index is 1.88. The van der Waals surface area contributed by atoms with Gasteiger partial charge in [-0.25, -0.2) is 0 Å². The first-order valence-electron chi connectivity index (χ1n) is 9.19. The first-order chi connectivity index (χ1) is 12.7. The first kappa shape index (κ1) is 16.6. The molecule has 2 aliphatic rings. The van der Waals surface area contributed by atoms with Crippen LogP contribution in [0.2, 0.25) is 0 Å². The molecule has 2 aromatic carbocycles. The molecule has 0 saturated carbocycles. The second-order valence-electron chi connectivity index (χ2n) is 7.40. The zero-order valence-corrected chi connectivity index (χ0v) is 14.9. The van der Waals surface area contributed by atoms with Crippen molar-refractivity contribution in [2.45, 2.75) is 31.2 Å². The van der Waals surface area contributed by atoms with Crippen LogP contribution in [0, 0.1) is 23.2 Å². The summed E-state index contributed by atoms with van der Waals surface area (Å²) >= 11 is 0. The summed E-state index contributed by atoms with van der Waals surface area (Å²) in [7, 11) is 0.